The molecule has 88 valence electrons. The van der Waals surface area contributed by atoms with E-state index in [-0.39, 0.29) is 0 Å². The highest BCUT2D eigenvalue weighted by molar-refractivity contribution is 7.79. The molecule has 0 aliphatic carbocycles. The Morgan fingerprint density at radius 1 is 1.00 bits per heavy atom. The fourth-order valence-electron chi connectivity index (χ4n) is 1.77. The van der Waals surface area contributed by atoms with Gasteiger partial charge in [0.25, 0.3) is 0 Å². The monoisotopic (exact) mass is 270 g/mol. The number of benzene rings is 2. The molecule has 18 heavy (non-hydrogen) atoms. The number of ether oxygens (including phenoxy) is 1. The van der Waals surface area contributed by atoms with Crippen molar-refractivity contribution in [2.45, 2.75) is 0 Å². The molecule has 3 rings (SSSR count). The predicted molar refractivity (Wildman–Crippen MR) is 81.1 cm³/mol. The van der Waals surface area contributed by atoms with Gasteiger partial charge < -0.3 is 4.74 Å². The van der Waals surface area contributed by atoms with Crippen molar-refractivity contribution in [1.29, 1.82) is 0 Å². The molecule has 0 bridgehead atoms. The Labute approximate surface area is 115 Å². The fraction of sp³-hybridized carbons (Fsp3) is 0. The molecular formula is C15H10OS2. The zero-order valence-electron chi connectivity index (χ0n) is 9.50. The first-order valence-electron chi connectivity index (χ1n) is 5.56. The van der Waals surface area contributed by atoms with Gasteiger partial charge in [-0.3, -0.25) is 0 Å². The average molecular weight is 270 g/mol. The van der Waals surface area contributed by atoms with E-state index in [9.17, 15) is 0 Å². The fourth-order valence-corrected chi connectivity index (χ4v) is 2.79. The summed E-state index contributed by atoms with van der Waals surface area (Å²) < 4.78 is 7.13. The summed E-state index contributed by atoms with van der Waals surface area (Å²) in [6.45, 7) is 0. The minimum Gasteiger partial charge on any atom is -0.456 e. The van der Waals surface area contributed by atoms with Gasteiger partial charge in [-0.25, -0.2) is 0 Å². The molecule has 1 nitrogen and oxygen atoms in total. The molecule has 1 aromatic heterocycles. The molecule has 0 fully saturated rings. The van der Waals surface area contributed by atoms with Gasteiger partial charge in [0.15, 0.2) is 0 Å². The number of hydrogen-bond donors (Lipinski definition) is 0. The van der Waals surface area contributed by atoms with Crippen LogP contribution >= 0.6 is 23.6 Å². The molecule has 1 heterocycles. The Balaban J connectivity index is 1.93. The van der Waals surface area contributed by atoms with E-state index in [4.69, 9.17) is 17.0 Å². The topological polar surface area (TPSA) is 9.23 Å². The van der Waals surface area contributed by atoms with Crippen molar-refractivity contribution < 1.29 is 4.74 Å². The third-order valence-electron chi connectivity index (χ3n) is 2.69. The highest BCUT2D eigenvalue weighted by Gasteiger charge is 2.05. The third-order valence-corrected chi connectivity index (χ3v) is 3.90. The van der Waals surface area contributed by atoms with Gasteiger partial charge in [-0.15, -0.1) is 11.3 Å². The van der Waals surface area contributed by atoms with Gasteiger partial charge in [-0.05, 0) is 29.8 Å². The van der Waals surface area contributed by atoms with Crippen LogP contribution in [0.25, 0.3) is 10.1 Å². The highest BCUT2D eigenvalue weighted by atomic mass is 32.1. The molecule has 0 aliphatic rings. The van der Waals surface area contributed by atoms with Crippen LogP contribution in [0.1, 0.15) is 5.56 Å². The van der Waals surface area contributed by atoms with Crippen LogP contribution in [-0.2, 0) is 0 Å². The molecular weight excluding hydrogens is 260 g/mol. The Morgan fingerprint density at radius 3 is 2.56 bits per heavy atom. The average Bonchev–Trinajstić information content (AvgIpc) is 2.83. The first-order valence-corrected chi connectivity index (χ1v) is 6.91. The number of fused-ring (bicyclic) bond motifs is 1. The second-order valence-electron chi connectivity index (χ2n) is 3.89. The Kier molecular flexibility index (Phi) is 3.09. The molecule has 0 aliphatic heterocycles. The summed E-state index contributed by atoms with van der Waals surface area (Å²) in [6.07, 6.45) is 0. The first-order chi connectivity index (χ1) is 8.86. The minimum atomic E-state index is 0.833. The molecule has 3 heteroatoms. The molecule has 3 aromatic rings. The predicted octanol–water partition coefficient (Wildman–Crippen LogP) is 5.04. The van der Waals surface area contributed by atoms with Crippen molar-refractivity contribution in [2.24, 2.45) is 0 Å². The second-order valence-corrected chi connectivity index (χ2v) is 5.03. The van der Waals surface area contributed by atoms with Crippen LogP contribution in [0.5, 0.6) is 11.5 Å². The van der Waals surface area contributed by atoms with E-state index in [2.05, 4.69) is 12.1 Å². The molecule has 0 amide bonds. The molecule has 0 spiro atoms. The molecule has 0 atom stereocenters. The number of hydrogen-bond acceptors (Lipinski definition) is 3. The summed E-state index contributed by atoms with van der Waals surface area (Å²) in [5, 5.41) is 4.85. The Hall–Kier alpha value is -1.71. The van der Waals surface area contributed by atoms with E-state index in [1.165, 1.54) is 4.70 Å². The molecule has 0 saturated carbocycles. The van der Waals surface area contributed by atoms with E-state index in [0.29, 0.717) is 0 Å². The lowest BCUT2D eigenvalue weighted by Crippen LogP contribution is -1.83. The van der Waals surface area contributed by atoms with Crippen molar-refractivity contribution >= 4 is 39.0 Å². The maximum absolute atomic E-state index is 5.89. The molecule has 0 unspecified atom stereocenters. The molecule has 0 radical (unpaired) electrons. The van der Waals surface area contributed by atoms with Crippen molar-refractivity contribution in [3.8, 4) is 11.5 Å². The summed E-state index contributed by atoms with van der Waals surface area (Å²) in [6, 6.07) is 16.0. The van der Waals surface area contributed by atoms with Crippen molar-refractivity contribution in [2.75, 3.05) is 0 Å². The quantitative estimate of drug-likeness (QED) is 0.616. The van der Waals surface area contributed by atoms with Crippen LogP contribution in [0.3, 0.4) is 0 Å². The van der Waals surface area contributed by atoms with Crippen LogP contribution in [0.15, 0.2) is 53.9 Å². The third kappa shape index (κ3) is 2.15. The molecule has 0 N–H and O–H groups in total. The van der Waals surface area contributed by atoms with E-state index in [1.54, 1.807) is 16.7 Å². The summed E-state index contributed by atoms with van der Waals surface area (Å²) in [7, 11) is 0. The van der Waals surface area contributed by atoms with Crippen molar-refractivity contribution in [3.05, 3.63) is 59.5 Å². The normalized spacial score (nSPS) is 10.4. The van der Waals surface area contributed by atoms with Gasteiger partial charge >= 0.3 is 0 Å². The lowest BCUT2D eigenvalue weighted by atomic mass is 10.2. The van der Waals surface area contributed by atoms with Gasteiger partial charge in [0.1, 0.15) is 11.5 Å². The van der Waals surface area contributed by atoms with E-state index < -0.39 is 0 Å². The maximum atomic E-state index is 5.89. The van der Waals surface area contributed by atoms with Crippen LogP contribution in [0, 0.1) is 0 Å². The summed E-state index contributed by atoms with van der Waals surface area (Å²) in [5.74, 6) is 1.74. The van der Waals surface area contributed by atoms with Crippen LogP contribution in [0.4, 0.5) is 0 Å². The summed E-state index contributed by atoms with van der Waals surface area (Å²) >= 11 is 6.57. The van der Waals surface area contributed by atoms with E-state index in [1.807, 2.05) is 41.8 Å². The lowest BCUT2D eigenvalue weighted by molar-refractivity contribution is 0.490. The maximum Gasteiger partial charge on any atom is 0.145 e. The highest BCUT2D eigenvalue weighted by Crippen LogP contribution is 2.34. The van der Waals surface area contributed by atoms with Crippen molar-refractivity contribution in [1.82, 2.24) is 0 Å². The van der Waals surface area contributed by atoms with Crippen molar-refractivity contribution in [3.63, 3.8) is 0 Å². The van der Waals surface area contributed by atoms with Crippen LogP contribution in [0.2, 0.25) is 0 Å². The Bertz CT molecular complexity index is 683. The van der Waals surface area contributed by atoms with Gasteiger partial charge in [-0.1, -0.05) is 36.5 Å². The Morgan fingerprint density at radius 2 is 1.78 bits per heavy atom. The van der Waals surface area contributed by atoms with Gasteiger partial charge in [0, 0.05) is 20.8 Å². The largest absolute Gasteiger partial charge is 0.456 e. The standard InChI is InChI=1S/C15H10OS2/c17-9-11-5-7-12(8-6-11)16-14-10-18-15-4-2-1-3-13(14)15/h1-10H. The lowest BCUT2D eigenvalue weighted by Gasteiger charge is -2.04. The van der Waals surface area contributed by atoms with E-state index in [0.717, 1.165) is 22.4 Å². The first kappa shape index (κ1) is 11.4. The zero-order valence-corrected chi connectivity index (χ0v) is 11.1. The van der Waals surface area contributed by atoms with Gasteiger partial charge in [0.05, 0.1) is 0 Å². The zero-order chi connectivity index (χ0) is 12.4. The van der Waals surface area contributed by atoms with Crippen LogP contribution < -0.4 is 4.74 Å². The number of rotatable bonds is 3. The molecule has 0 saturated heterocycles. The van der Waals surface area contributed by atoms with Gasteiger partial charge in [-0.2, -0.15) is 0 Å². The number of thiophene rings is 1. The van der Waals surface area contributed by atoms with Gasteiger partial charge in [0.2, 0.25) is 0 Å². The second kappa shape index (κ2) is 4.88. The SMILES string of the molecule is S=Cc1ccc(Oc2csc3ccccc23)cc1. The summed E-state index contributed by atoms with van der Waals surface area (Å²) in [4.78, 5) is 0. The van der Waals surface area contributed by atoms with E-state index >= 15 is 0 Å². The molecule has 2 aromatic carbocycles. The van der Waals surface area contributed by atoms with Crippen LogP contribution in [-0.4, -0.2) is 5.37 Å². The minimum absolute atomic E-state index is 0.833. The summed E-state index contributed by atoms with van der Waals surface area (Å²) in [5.41, 5.74) is 1.02. The smallest absolute Gasteiger partial charge is 0.145 e. The number of thiocarbonyl (C=S) groups is 1.